The van der Waals surface area contributed by atoms with Crippen LogP contribution in [0.4, 0.5) is 5.69 Å². The molecule has 2 nitrogen and oxygen atoms in total. The first-order chi connectivity index (χ1) is 6.24. The highest BCUT2D eigenvalue weighted by molar-refractivity contribution is 9.10. The van der Waals surface area contributed by atoms with E-state index in [0.29, 0.717) is 5.92 Å². The Morgan fingerprint density at radius 1 is 1.62 bits per heavy atom. The van der Waals surface area contributed by atoms with Crippen molar-refractivity contribution in [2.24, 2.45) is 5.92 Å². The molecule has 1 aromatic heterocycles. The molecule has 0 aromatic carbocycles. The monoisotopic (exact) mass is 242 g/mol. The van der Waals surface area contributed by atoms with Crippen molar-refractivity contribution in [2.75, 3.05) is 11.9 Å². The maximum absolute atomic E-state index is 4.01. The molecule has 0 bridgehead atoms. The summed E-state index contributed by atoms with van der Waals surface area (Å²) in [5, 5.41) is 3.38. The number of aromatic nitrogens is 1. The lowest BCUT2D eigenvalue weighted by Gasteiger charge is -2.11. The van der Waals surface area contributed by atoms with Gasteiger partial charge in [-0.15, -0.1) is 0 Å². The van der Waals surface area contributed by atoms with Crippen LogP contribution >= 0.6 is 15.9 Å². The van der Waals surface area contributed by atoms with E-state index in [1.54, 1.807) is 12.4 Å². The maximum Gasteiger partial charge on any atom is 0.0590 e. The number of hydrogen-bond acceptors (Lipinski definition) is 2. The number of nitrogens with one attached hydrogen (secondary N) is 1. The van der Waals surface area contributed by atoms with Crippen LogP contribution in [0.1, 0.15) is 20.3 Å². The molecular formula is C10H15BrN2. The zero-order valence-corrected chi connectivity index (χ0v) is 9.63. The Morgan fingerprint density at radius 3 is 3.00 bits per heavy atom. The smallest absolute Gasteiger partial charge is 0.0590 e. The van der Waals surface area contributed by atoms with Crippen LogP contribution in [0.2, 0.25) is 0 Å². The standard InChI is InChI=1S/C10H15BrN2/c1-3-8(2)6-13-10-4-5-12-7-9(10)11/h4-5,7-8H,3,6H2,1-2H3,(H,12,13). The van der Waals surface area contributed by atoms with Crippen molar-refractivity contribution in [3.63, 3.8) is 0 Å². The Labute approximate surface area is 87.9 Å². The van der Waals surface area contributed by atoms with Crippen LogP contribution in [0.15, 0.2) is 22.9 Å². The molecule has 1 rings (SSSR count). The molecule has 0 radical (unpaired) electrons. The number of nitrogens with zero attached hydrogens (tertiary/aromatic N) is 1. The fourth-order valence-corrected chi connectivity index (χ4v) is 1.34. The van der Waals surface area contributed by atoms with Gasteiger partial charge >= 0.3 is 0 Å². The molecule has 72 valence electrons. The first-order valence-electron chi connectivity index (χ1n) is 4.57. The molecule has 0 fully saturated rings. The highest BCUT2D eigenvalue weighted by Gasteiger charge is 2.00. The Kier molecular flexibility index (Phi) is 4.22. The highest BCUT2D eigenvalue weighted by Crippen LogP contribution is 2.20. The highest BCUT2D eigenvalue weighted by atomic mass is 79.9. The zero-order chi connectivity index (χ0) is 9.68. The van der Waals surface area contributed by atoms with Gasteiger partial charge in [0.2, 0.25) is 0 Å². The molecule has 1 unspecified atom stereocenters. The van der Waals surface area contributed by atoms with Crippen molar-refractivity contribution < 1.29 is 0 Å². The van der Waals surface area contributed by atoms with E-state index in [2.05, 4.69) is 40.1 Å². The van der Waals surface area contributed by atoms with Gasteiger partial charge in [0.25, 0.3) is 0 Å². The van der Waals surface area contributed by atoms with Crippen molar-refractivity contribution in [1.82, 2.24) is 4.98 Å². The third kappa shape index (κ3) is 3.35. The Bertz CT molecular complexity index is 263. The molecule has 0 aliphatic carbocycles. The summed E-state index contributed by atoms with van der Waals surface area (Å²) in [4.78, 5) is 4.01. The molecule has 0 saturated heterocycles. The number of halogens is 1. The van der Waals surface area contributed by atoms with Crippen LogP contribution in [0, 0.1) is 5.92 Å². The van der Waals surface area contributed by atoms with Crippen molar-refractivity contribution in [2.45, 2.75) is 20.3 Å². The van der Waals surface area contributed by atoms with Crippen molar-refractivity contribution >= 4 is 21.6 Å². The zero-order valence-electron chi connectivity index (χ0n) is 8.05. The molecule has 0 spiro atoms. The van der Waals surface area contributed by atoms with E-state index in [-0.39, 0.29) is 0 Å². The summed E-state index contributed by atoms with van der Waals surface area (Å²) >= 11 is 3.44. The molecule has 0 aliphatic heterocycles. The topological polar surface area (TPSA) is 24.9 Å². The van der Waals surface area contributed by atoms with Gasteiger partial charge in [-0.2, -0.15) is 0 Å². The SMILES string of the molecule is CCC(C)CNc1ccncc1Br. The average Bonchev–Trinajstić information content (AvgIpc) is 2.16. The summed E-state index contributed by atoms with van der Waals surface area (Å²) < 4.78 is 1.03. The second-order valence-electron chi connectivity index (χ2n) is 3.25. The number of anilines is 1. The predicted octanol–water partition coefficient (Wildman–Crippen LogP) is 3.30. The van der Waals surface area contributed by atoms with Crippen molar-refractivity contribution in [3.05, 3.63) is 22.9 Å². The molecule has 13 heavy (non-hydrogen) atoms. The van der Waals surface area contributed by atoms with Crippen LogP contribution in [-0.4, -0.2) is 11.5 Å². The molecule has 1 N–H and O–H groups in total. The number of rotatable bonds is 4. The molecular weight excluding hydrogens is 228 g/mol. The van der Waals surface area contributed by atoms with Crippen LogP contribution in [0.25, 0.3) is 0 Å². The van der Waals surface area contributed by atoms with Gasteiger partial charge in [0.15, 0.2) is 0 Å². The minimum absolute atomic E-state index is 0.708. The van der Waals surface area contributed by atoms with Gasteiger partial charge in [-0.25, -0.2) is 0 Å². The summed E-state index contributed by atoms with van der Waals surface area (Å²) in [6.07, 6.45) is 4.80. The van der Waals surface area contributed by atoms with Gasteiger partial charge in [0, 0.05) is 18.9 Å². The molecule has 0 saturated carbocycles. The van der Waals surface area contributed by atoms with Gasteiger partial charge in [-0.05, 0) is 27.9 Å². The van der Waals surface area contributed by atoms with E-state index in [0.717, 1.165) is 16.7 Å². The van der Waals surface area contributed by atoms with Crippen LogP contribution in [-0.2, 0) is 0 Å². The van der Waals surface area contributed by atoms with Gasteiger partial charge < -0.3 is 5.32 Å². The van der Waals surface area contributed by atoms with E-state index in [9.17, 15) is 0 Å². The van der Waals surface area contributed by atoms with Crippen molar-refractivity contribution in [1.29, 1.82) is 0 Å². The lowest BCUT2D eigenvalue weighted by atomic mass is 10.1. The van der Waals surface area contributed by atoms with E-state index in [1.807, 2.05) is 6.07 Å². The van der Waals surface area contributed by atoms with Gasteiger partial charge in [-0.1, -0.05) is 20.3 Å². The quantitative estimate of drug-likeness (QED) is 0.877. The third-order valence-electron chi connectivity index (χ3n) is 2.11. The van der Waals surface area contributed by atoms with E-state index in [1.165, 1.54) is 6.42 Å². The van der Waals surface area contributed by atoms with E-state index in [4.69, 9.17) is 0 Å². The van der Waals surface area contributed by atoms with Crippen LogP contribution in [0.5, 0.6) is 0 Å². The van der Waals surface area contributed by atoms with E-state index < -0.39 is 0 Å². The minimum Gasteiger partial charge on any atom is -0.384 e. The summed E-state index contributed by atoms with van der Waals surface area (Å²) in [7, 11) is 0. The second-order valence-corrected chi connectivity index (χ2v) is 4.10. The summed E-state index contributed by atoms with van der Waals surface area (Å²) in [5.74, 6) is 0.708. The fraction of sp³-hybridized carbons (Fsp3) is 0.500. The molecule has 0 amide bonds. The number of pyridine rings is 1. The van der Waals surface area contributed by atoms with E-state index >= 15 is 0 Å². The molecule has 1 aromatic rings. The van der Waals surface area contributed by atoms with Crippen molar-refractivity contribution in [3.8, 4) is 0 Å². The lowest BCUT2D eigenvalue weighted by molar-refractivity contribution is 0.593. The molecule has 3 heteroatoms. The minimum atomic E-state index is 0.708. The first-order valence-corrected chi connectivity index (χ1v) is 5.36. The fourth-order valence-electron chi connectivity index (χ4n) is 0.947. The summed E-state index contributed by atoms with van der Waals surface area (Å²) in [6, 6.07) is 1.98. The number of hydrogen-bond donors (Lipinski definition) is 1. The molecule has 1 atom stereocenters. The maximum atomic E-state index is 4.01. The second kappa shape index (κ2) is 5.22. The lowest BCUT2D eigenvalue weighted by Crippen LogP contribution is -2.10. The summed E-state index contributed by atoms with van der Waals surface area (Å²) in [5.41, 5.74) is 1.12. The Morgan fingerprint density at radius 2 is 2.38 bits per heavy atom. The Balaban J connectivity index is 2.50. The molecule has 0 aliphatic rings. The average molecular weight is 243 g/mol. The van der Waals surface area contributed by atoms with Gasteiger partial charge in [-0.3, -0.25) is 4.98 Å². The third-order valence-corrected chi connectivity index (χ3v) is 2.74. The van der Waals surface area contributed by atoms with Crippen LogP contribution in [0.3, 0.4) is 0 Å². The van der Waals surface area contributed by atoms with Crippen LogP contribution < -0.4 is 5.32 Å². The largest absolute Gasteiger partial charge is 0.384 e. The molecule has 1 heterocycles. The first kappa shape index (κ1) is 10.5. The van der Waals surface area contributed by atoms with Gasteiger partial charge in [0.05, 0.1) is 10.2 Å². The van der Waals surface area contributed by atoms with Gasteiger partial charge in [0.1, 0.15) is 0 Å². The predicted molar refractivity (Wildman–Crippen MR) is 59.9 cm³/mol. The summed E-state index contributed by atoms with van der Waals surface area (Å²) in [6.45, 7) is 5.45. The normalized spacial score (nSPS) is 12.5. The Hall–Kier alpha value is -0.570.